The van der Waals surface area contributed by atoms with Gasteiger partial charge in [-0.25, -0.2) is 0 Å². The molecule has 1 atom stereocenters. The van der Waals surface area contributed by atoms with E-state index in [0.29, 0.717) is 13.0 Å². The molecule has 1 saturated carbocycles. The van der Waals surface area contributed by atoms with Crippen LogP contribution in [0.1, 0.15) is 43.8 Å². The van der Waals surface area contributed by atoms with E-state index in [1.165, 1.54) is 4.90 Å². The fraction of sp³-hybridized carbons (Fsp3) is 0.556. The summed E-state index contributed by atoms with van der Waals surface area (Å²) < 4.78 is 6.06. The molecule has 5 nitrogen and oxygen atoms in total. The standard InChI is InChI=1S/C18H26N2O3/c1-20(2)16(21)12-13-19-18(22)17(14-8-4-3-5-9-14)23-15-10-6-7-11-15/h3-5,8-9,15,17H,6-7,10-13H2,1-2H3,(H,19,22). The molecular formula is C18H26N2O3. The van der Waals surface area contributed by atoms with E-state index < -0.39 is 6.10 Å². The lowest BCUT2D eigenvalue weighted by molar-refractivity contribution is -0.137. The lowest BCUT2D eigenvalue weighted by Crippen LogP contribution is -2.35. The van der Waals surface area contributed by atoms with Gasteiger partial charge in [0.05, 0.1) is 6.10 Å². The molecule has 1 fully saturated rings. The maximum Gasteiger partial charge on any atom is 0.253 e. The van der Waals surface area contributed by atoms with Gasteiger partial charge in [-0.05, 0) is 18.4 Å². The minimum atomic E-state index is -0.603. The molecule has 1 N–H and O–H groups in total. The molecule has 0 spiro atoms. The number of carbonyl (C=O) groups excluding carboxylic acids is 2. The Balaban J connectivity index is 1.95. The summed E-state index contributed by atoms with van der Waals surface area (Å²) in [5.41, 5.74) is 0.857. The average molecular weight is 318 g/mol. The van der Waals surface area contributed by atoms with Gasteiger partial charge in [-0.15, -0.1) is 0 Å². The van der Waals surface area contributed by atoms with Gasteiger partial charge in [0, 0.05) is 27.1 Å². The molecule has 1 aliphatic carbocycles. The largest absolute Gasteiger partial charge is 0.360 e. The zero-order valence-corrected chi connectivity index (χ0v) is 14.0. The van der Waals surface area contributed by atoms with Crippen molar-refractivity contribution in [1.82, 2.24) is 10.2 Å². The van der Waals surface area contributed by atoms with Crippen LogP contribution in [0, 0.1) is 0 Å². The first-order valence-corrected chi connectivity index (χ1v) is 8.26. The Morgan fingerprint density at radius 1 is 1.22 bits per heavy atom. The Bertz CT molecular complexity index is 510. The predicted molar refractivity (Wildman–Crippen MR) is 88.8 cm³/mol. The molecule has 0 aliphatic heterocycles. The third-order valence-electron chi connectivity index (χ3n) is 4.11. The molecule has 0 saturated heterocycles. The quantitative estimate of drug-likeness (QED) is 0.839. The summed E-state index contributed by atoms with van der Waals surface area (Å²) in [6.07, 6.45) is 4.17. The molecule has 23 heavy (non-hydrogen) atoms. The summed E-state index contributed by atoms with van der Waals surface area (Å²) in [5, 5.41) is 2.83. The maximum atomic E-state index is 12.5. The minimum absolute atomic E-state index is 0.00160. The number of ether oxygens (including phenoxy) is 1. The van der Waals surface area contributed by atoms with Crippen LogP contribution in [0.25, 0.3) is 0 Å². The van der Waals surface area contributed by atoms with Gasteiger partial charge >= 0.3 is 0 Å². The SMILES string of the molecule is CN(C)C(=O)CCNC(=O)C(OC1CCCC1)c1ccccc1. The van der Waals surface area contributed by atoms with Crippen LogP contribution in [0.15, 0.2) is 30.3 Å². The van der Waals surface area contributed by atoms with Crippen molar-refractivity contribution in [2.24, 2.45) is 0 Å². The maximum absolute atomic E-state index is 12.5. The highest BCUT2D eigenvalue weighted by Crippen LogP contribution is 2.28. The van der Waals surface area contributed by atoms with Gasteiger partial charge < -0.3 is 15.0 Å². The van der Waals surface area contributed by atoms with Gasteiger partial charge in [-0.3, -0.25) is 9.59 Å². The first kappa shape index (κ1) is 17.5. The Hall–Kier alpha value is -1.88. The van der Waals surface area contributed by atoms with E-state index in [2.05, 4.69) is 5.32 Å². The van der Waals surface area contributed by atoms with Crippen molar-refractivity contribution >= 4 is 11.8 Å². The van der Waals surface area contributed by atoms with E-state index in [4.69, 9.17) is 4.74 Å². The smallest absolute Gasteiger partial charge is 0.253 e. The highest BCUT2D eigenvalue weighted by atomic mass is 16.5. The van der Waals surface area contributed by atoms with Crippen LogP contribution >= 0.6 is 0 Å². The normalized spacial score (nSPS) is 16.1. The van der Waals surface area contributed by atoms with E-state index in [-0.39, 0.29) is 17.9 Å². The molecule has 126 valence electrons. The first-order valence-electron chi connectivity index (χ1n) is 8.26. The van der Waals surface area contributed by atoms with Crippen LogP contribution in [0.5, 0.6) is 0 Å². The van der Waals surface area contributed by atoms with Crippen LogP contribution in [0.4, 0.5) is 0 Å². The molecule has 0 aromatic heterocycles. The van der Waals surface area contributed by atoms with Crippen molar-refractivity contribution in [3.05, 3.63) is 35.9 Å². The number of hydrogen-bond acceptors (Lipinski definition) is 3. The van der Waals surface area contributed by atoms with E-state index in [0.717, 1.165) is 31.2 Å². The molecule has 0 heterocycles. The number of rotatable bonds is 7. The van der Waals surface area contributed by atoms with Gasteiger partial charge in [0.25, 0.3) is 5.91 Å². The molecule has 2 amide bonds. The van der Waals surface area contributed by atoms with Gasteiger partial charge in [-0.2, -0.15) is 0 Å². The van der Waals surface area contributed by atoms with Crippen LogP contribution in [-0.2, 0) is 14.3 Å². The highest BCUT2D eigenvalue weighted by Gasteiger charge is 2.27. The third-order valence-corrected chi connectivity index (χ3v) is 4.11. The predicted octanol–water partition coefficient (Wildman–Crippen LogP) is 2.28. The monoisotopic (exact) mass is 318 g/mol. The Kier molecular flexibility index (Phi) is 6.59. The van der Waals surface area contributed by atoms with E-state index in [1.807, 2.05) is 30.3 Å². The van der Waals surface area contributed by atoms with Gasteiger partial charge in [0.1, 0.15) is 0 Å². The summed E-state index contributed by atoms with van der Waals surface area (Å²) in [4.78, 5) is 25.6. The summed E-state index contributed by atoms with van der Waals surface area (Å²) >= 11 is 0. The molecule has 1 aromatic rings. The molecule has 1 aromatic carbocycles. The van der Waals surface area contributed by atoms with Crippen molar-refractivity contribution < 1.29 is 14.3 Å². The minimum Gasteiger partial charge on any atom is -0.360 e. The molecule has 2 rings (SSSR count). The fourth-order valence-corrected chi connectivity index (χ4v) is 2.75. The first-order chi connectivity index (χ1) is 11.1. The zero-order chi connectivity index (χ0) is 16.7. The third kappa shape index (κ3) is 5.36. The molecule has 1 unspecified atom stereocenters. The second-order valence-corrected chi connectivity index (χ2v) is 6.16. The second-order valence-electron chi connectivity index (χ2n) is 6.16. The van der Waals surface area contributed by atoms with Gasteiger partial charge in [-0.1, -0.05) is 43.2 Å². The molecule has 1 aliphatic rings. The number of nitrogens with zero attached hydrogens (tertiary/aromatic N) is 1. The van der Waals surface area contributed by atoms with Crippen LogP contribution in [-0.4, -0.2) is 43.5 Å². The van der Waals surface area contributed by atoms with E-state index >= 15 is 0 Å². The second kappa shape index (κ2) is 8.67. The van der Waals surface area contributed by atoms with Gasteiger partial charge in [0.15, 0.2) is 6.10 Å². The Morgan fingerprint density at radius 3 is 2.48 bits per heavy atom. The Morgan fingerprint density at radius 2 is 1.87 bits per heavy atom. The van der Waals surface area contributed by atoms with E-state index in [9.17, 15) is 9.59 Å². The molecular weight excluding hydrogens is 292 g/mol. The van der Waals surface area contributed by atoms with Crippen molar-refractivity contribution in [2.75, 3.05) is 20.6 Å². The molecule has 0 radical (unpaired) electrons. The fourth-order valence-electron chi connectivity index (χ4n) is 2.75. The van der Waals surface area contributed by atoms with Gasteiger partial charge in [0.2, 0.25) is 5.91 Å². The van der Waals surface area contributed by atoms with Crippen LogP contribution in [0.3, 0.4) is 0 Å². The summed E-state index contributed by atoms with van der Waals surface area (Å²) in [5.74, 6) is -0.173. The lowest BCUT2D eigenvalue weighted by Gasteiger charge is -2.22. The number of benzene rings is 1. The number of carbonyl (C=O) groups is 2. The van der Waals surface area contributed by atoms with Crippen molar-refractivity contribution in [2.45, 2.75) is 44.3 Å². The average Bonchev–Trinajstić information content (AvgIpc) is 3.06. The van der Waals surface area contributed by atoms with Crippen molar-refractivity contribution in [3.63, 3.8) is 0 Å². The highest BCUT2D eigenvalue weighted by molar-refractivity contribution is 5.83. The summed E-state index contributed by atoms with van der Waals surface area (Å²) in [7, 11) is 3.42. The van der Waals surface area contributed by atoms with Crippen molar-refractivity contribution in [1.29, 1.82) is 0 Å². The van der Waals surface area contributed by atoms with Crippen molar-refractivity contribution in [3.8, 4) is 0 Å². The lowest BCUT2D eigenvalue weighted by atomic mass is 10.1. The van der Waals surface area contributed by atoms with E-state index in [1.54, 1.807) is 14.1 Å². The number of hydrogen-bond donors (Lipinski definition) is 1. The summed E-state index contributed by atoms with van der Waals surface area (Å²) in [6, 6.07) is 9.55. The molecule has 0 bridgehead atoms. The summed E-state index contributed by atoms with van der Waals surface area (Å²) in [6.45, 7) is 0.327. The topological polar surface area (TPSA) is 58.6 Å². The number of nitrogens with one attached hydrogen (secondary N) is 1. The number of amides is 2. The van der Waals surface area contributed by atoms with Crippen LogP contribution in [0.2, 0.25) is 0 Å². The van der Waals surface area contributed by atoms with Crippen LogP contribution < -0.4 is 5.32 Å². The molecule has 5 heteroatoms. The Labute approximate surface area is 138 Å². The zero-order valence-electron chi connectivity index (χ0n) is 14.0.